The van der Waals surface area contributed by atoms with Crippen LogP contribution >= 0.6 is 0 Å². The van der Waals surface area contributed by atoms with Gasteiger partial charge in [0.1, 0.15) is 11.7 Å². The second-order valence-electron chi connectivity index (χ2n) is 26.1. The van der Waals surface area contributed by atoms with Gasteiger partial charge >= 0.3 is 0 Å². The first-order valence-electron chi connectivity index (χ1n) is 30.3. The van der Waals surface area contributed by atoms with E-state index in [0.717, 1.165) is 102 Å². The number of aromatic hydroxyl groups is 1. The van der Waals surface area contributed by atoms with Crippen LogP contribution in [0, 0.1) is 94.0 Å². The maximum Gasteiger partial charge on any atom is 0.207 e. The molecule has 12 rings (SSSR count). The Balaban J connectivity index is 1.02. The number of phenols is 1. The molecule has 16 atom stereocenters. The van der Waals surface area contributed by atoms with Gasteiger partial charge in [-0.2, -0.15) is 0 Å². The number of benzene rings is 2. The number of likely N-dealkylation sites (N-methyl/N-ethyl adjacent to an activating group) is 1. The summed E-state index contributed by atoms with van der Waals surface area (Å²) < 4.78 is 27.0. The molecule has 2 spiro atoms. The molecule has 0 aromatic heterocycles. The van der Waals surface area contributed by atoms with E-state index in [4.69, 9.17) is 23.9 Å². The van der Waals surface area contributed by atoms with Crippen molar-refractivity contribution in [3.63, 3.8) is 0 Å². The molecule has 12 nitrogen and oxygen atoms in total. The Labute approximate surface area is 463 Å². The average Bonchev–Trinajstić information content (AvgIpc) is 4.30. The van der Waals surface area contributed by atoms with E-state index < -0.39 is 22.2 Å². The summed E-state index contributed by atoms with van der Waals surface area (Å²) in [4.78, 5) is 20.6. The van der Waals surface area contributed by atoms with Crippen LogP contribution in [0.1, 0.15) is 153 Å². The Morgan fingerprint density at radius 1 is 0.962 bits per heavy atom. The van der Waals surface area contributed by atoms with E-state index in [1.54, 1.807) is 20.2 Å². The minimum absolute atomic E-state index is 0.00746. The summed E-state index contributed by atoms with van der Waals surface area (Å²) in [7, 11) is 5.34. The summed E-state index contributed by atoms with van der Waals surface area (Å²) in [6.45, 7) is 3.10. The molecular formula is C66H86N4O8. The summed E-state index contributed by atoms with van der Waals surface area (Å²) >= 11 is 0. The van der Waals surface area contributed by atoms with Gasteiger partial charge in [0.15, 0.2) is 28.8 Å². The number of hydrogen-bond acceptors (Lipinski definition) is 10. The number of fused-ring (bicyclic) bond motifs is 12. The van der Waals surface area contributed by atoms with Crippen LogP contribution in [0.25, 0.3) is 0 Å². The first-order chi connectivity index (χ1) is 37.9. The zero-order chi connectivity index (χ0) is 53.9. The van der Waals surface area contributed by atoms with Crippen LogP contribution in [0.5, 0.6) is 23.0 Å². The number of carbonyl (C=O) groups excluding carboxylic acids is 1. The highest BCUT2D eigenvalue weighted by Gasteiger charge is 2.64. The SMILES string of the molecule is CC[C@H]1CC[C@@H]2[C@H](C1)[C@H]1/C=C/C(=O)[C@]3(Cc4ccc(O)c(OC)c4)CCC[C@@H]3CC#CNC(=NC)Nc3cc(cc4c3OC#CC[C@H]3C[C@](CNC)(C[C@]35C=C[C@H]3C[C@H]6CCC[C@H]6O[C@@]3(O)C5)O4)[C@]13CCC[C@@H]3[C@H]2CCCO. The van der Waals surface area contributed by atoms with Crippen molar-refractivity contribution in [1.82, 2.24) is 10.6 Å². The second kappa shape index (κ2) is 21.5. The van der Waals surface area contributed by atoms with E-state index in [1.165, 1.54) is 18.4 Å². The van der Waals surface area contributed by atoms with Crippen LogP contribution in [0.3, 0.4) is 0 Å². The third-order valence-corrected chi connectivity index (χ3v) is 22.4. The fourth-order valence-corrected chi connectivity index (χ4v) is 19.1. The number of anilines is 1. The zero-order valence-corrected chi connectivity index (χ0v) is 46.8. The number of hydrogen-bond donors (Lipinski definition) is 6. The highest BCUT2D eigenvalue weighted by molar-refractivity contribution is 5.97. The predicted octanol–water partition coefficient (Wildman–Crippen LogP) is 10.7. The van der Waals surface area contributed by atoms with E-state index in [-0.39, 0.29) is 53.3 Å². The molecule has 6 N–H and O–H groups in total. The first kappa shape index (κ1) is 53.7. The molecule has 1 saturated heterocycles. The number of phenolic OH excluding ortho intramolecular Hbond substituents is 1. The molecule has 10 aliphatic rings. The van der Waals surface area contributed by atoms with Crippen LogP contribution in [0.15, 0.2) is 59.6 Å². The number of aliphatic hydroxyl groups excluding tert-OH is 1. The van der Waals surface area contributed by atoms with Crippen molar-refractivity contribution in [1.29, 1.82) is 0 Å². The Hall–Kier alpha value is -4.98. The summed E-state index contributed by atoms with van der Waals surface area (Å²) in [5.41, 5.74) is 0.625. The zero-order valence-electron chi connectivity index (χ0n) is 46.8. The lowest BCUT2D eigenvalue weighted by atomic mass is 9.45. The van der Waals surface area contributed by atoms with Crippen molar-refractivity contribution in [3.8, 4) is 47.0 Å². The van der Waals surface area contributed by atoms with E-state index >= 15 is 4.79 Å². The average molecular weight is 1060 g/mol. The largest absolute Gasteiger partial charge is 0.504 e. The number of nitrogens with zero attached hydrogens (tertiary/aromatic N) is 1. The predicted molar refractivity (Wildman–Crippen MR) is 303 cm³/mol. The van der Waals surface area contributed by atoms with Crippen LogP contribution in [0.2, 0.25) is 0 Å². The molecule has 418 valence electrons. The molecule has 7 aliphatic carbocycles. The maximum atomic E-state index is 15.9. The molecule has 0 radical (unpaired) electrons. The number of aliphatic imine (C=N–C) groups is 1. The number of allylic oxidation sites excluding steroid dienone is 3. The highest BCUT2D eigenvalue weighted by Crippen LogP contribution is 2.68. The van der Waals surface area contributed by atoms with Crippen molar-refractivity contribution in [3.05, 3.63) is 65.8 Å². The fourth-order valence-electron chi connectivity index (χ4n) is 19.1. The second-order valence-corrected chi connectivity index (χ2v) is 26.1. The van der Waals surface area contributed by atoms with Crippen LogP contribution in [-0.2, 0) is 21.4 Å². The smallest absolute Gasteiger partial charge is 0.207 e. The van der Waals surface area contributed by atoms with Gasteiger partial charge in [0.2, 0.25) is 11.7 Å². The molecule has 78 heavy (non-hydrogen) atoms. The summed E-state index contributed by atoms with van der Waals surface area (Å²) in [6, 6.07) is 13.4. The minimum atomic E-state index is -1.24. The topological polar surface area (TPSA) is 163 Å². The molecule has 0 unspecified atom stereocenters. The Morgan fingerprint density at radius 3 is 2.67 bits per heavy atom. The number of guanidine groups is 1. The molecule has 2 aromatic carbocycles. The van der Waals surface area contributed by atoms with Crippen molar-refractivity contribution < 1.29 is 39.1 Å². The Bertz CT molecular complexity index is 2820. The van der Waals surface area contributed by atoms with Crippen LogP contribution in [-0.4, -0.2) is 78.9 Å². The molecule has 2 aromatic rings. The Kier molecular flexibility index (Phi) is 14.8. The number of aliphatic hydroxyl groups is 2. The highest BCUT2D eigenvalue weighted by atomic mass is 16.6. The van der Waals surface area contributed by atoms with Crippen LogP contribution < -0.4 is 30.2 Å². The van der Waals surface area contributed by atoms with Gasteiger partial charge in [-0.1, -0.05) is 75.2 Å². The van der Waals surface area contributed by atoms with Crippen molar-refractivity contribution in [2.45, 2.75) is 171 Å². The van der Waals surface area contributed by atoms with E-state index in [9.17, 15) is 15.3 Å². The molecule has 4 bridgehead atoms. The van der Waals surface area contributed by atoms with E-state index in [0.29, 0.717) is 103 Å². The van der Waals surface area contributed by atoms with E-state index in [1.807, 2.05) is 25.3 Å². The number of nitrogens with one attached hydrogen (secondary N) is 3. The lowest BCUT2D eigenvalue weighted by molar-refractivity contribution is -0.299. The summed E-state index contributed by atoms with van der Waals surface area (Å²) in [5.74, 6) is 10.6. The van der Waals surface area contributed by atoms with Gasteiger partial charge < -0.3 is 44.9 Å². The third kappa shape index (κ3) is 9.25. The number of ether oxygens (including phenoxy) is 4. The van der Waals surface area contributed by atoms with Crippen molar-refractivity contribution >= 4 is 17.4 Å². The number of methoxy groups -OCH3 is 1. The van der Waals surface area contributed by atoms with Gasteiger partial charge in [-0.3, -0.25) is 15.1 Å². The quantitative estimate of drug-likeness (QED) is 0.105. The summed E-state index contributed by atoms with van der Waals surface area (Å²) in [5, 5.41) is 44.5. The monoisotopic (exact) mass is 1060 g/mol. The van der Waals surface area contributed by atoms with Gasteiger partial charge in [-0.15, -0.1) is 0 Å². The molecule has 3 heterocycles. The van der Waals surface area contributed by atoms with Gasteiger partial charge in [0.05, 0.1) is 18.9 Å². The fraction of sp³-hybridized carbons (Fsp3) is 0.667. The van der Waals surface area contributed by atoms with Crippen LogP contribution in [0.4, 0.5) is 5.69 Å². The van der Waals surface area contributed by atoms with Gasteiger partial charge in [-0.05, 0) is 192 Å². The van der Waals surface area contributed by atoms with Crippen molar-refractivity contribution in [2.75, 3.05) is 39.7 Å². The first-order valence-corrected chi connectivity index (χ1v) is 30.3. The molecular weight excluding hydrogens is 977 g/mol. The lowest BCUT2D eigenvalue weighted by Gasteiger charge is -2.59. The molecule has 6 saturated carbocycles. The molecule has 7 fully saturated rings. The third-order valence-electron chi connectivity index (χ3n) is 22.4. The molecule has 12 heteroatoms. The van der Waals surface area contributed by atoms with E-state index in [2.05, 4.69) is 77.2 Å². The number of rotatable bonds is 9. The Morgan fingerprint density at radius 2 is 1.83 bits per heavy atom. The molecule has 3 aliphatic heterocycles. The minimum Gasteiger partial charge on any atom is -0.504 e. The molecule has 0 amide bonds. The lowest BCUT2D eigenvalue weighted by Crippen LogP contribution is -2.55. The number of carbonyl (C=O) groups is 1. The maximum absolute atomic E-state index is 15.9. The summed E-state index contributed by atoms with van der Waals surface area (Å²) in [6.07, 6.45) is 32.3. The normalized spacial score (nSPS) is 41.0. The standard InChI is InChI=1S/C66H86N4O8/c1-5-42-19-21-49-50(16-10-30-71)52-17-8-27-65(52)48-35-54(60-58(36-48)77-63(41-67-2)38-47(15-11-31-76-60)62(39-63)28-25-46-34-44-12-6-18-56(44)78-66(46,74)40-62)70-61(68-3)69-29-9-14-45-13-7-26-64(45,59(73)24-22-53(65)51(49)32-42)37-43-20-23-55(72)57(33-43)75-4/h20,22-25,28,33,35-36,42,44-47,49-53,56,67,71-72,74H,5-8,10,12-19,21,26-27,30,32,34,37-41H2,1-4H3,(H2,68,69,70)/b24-22+/t42-,44+,45+,46-,47-,49-,50-,51-,52+,53+,56+,62-,63+,64-,65-,66-/m0/s1. The van der Waals surface area contributed by atoms with Gasteiger partial charge in [-0.25, -0.2) is 0 Å². The van der Waals surface area contributed by atoms with Crippen molar-refractivity contribution in [2.24, 2.45) is 75.0 Å². The number of ketones is 1. The van der Waals surface area contributed by atoms with Gasteiger partial charge in [0.25, 0.3) is 0 Å². The van der Waals surface area contributed by atoms with Gasteiger partial charge in [0, 0.05) is 67.7 Å².